The molecule has 7 heteroatoms. The van der Waals surface area contributed by atoms with E-state index in [1.54, 1.807) is 13.2 Å². The molecule has 0 bridgehead atoms. The fraction of sp³-hybridized carbons (Fsp3) is 0.455. The van der Waals surface area contributed by atoms with Crippen LogP contribution in [0.2, 0.25) is 0 Å². The van der Waals surface area contributed by atoms with E-state index >= 15 is 0 Å². The zero-order valence-corrected chi connectivity index (χ0v) is 10.5. The molecule has 2 heterocycles. The van der Waals surface area contributed by atoms with E-state index in [2.05, 4.69) is 25.4 Å². The van der Waals surface area contributed by atoms with Gasteiger partial charge in [-0.2, -0.15) is 4.98 Å². The van der Waals surface area contributed by atoms with E-state index in [0.717, 1.165) is 0 Å². The Balaban J connectivity index is 2.13. The lowest BCUT2D eigenvalue weighted by Crippen LogP contribution is -2.21. The van der Waals surface area contributed by atoms with Gasteiger partial charge in [0.2, 0.25) is 17.6 Å². The van der Waals surface area contributed by atoms with Gasteiger partial charge >= 0.3 is 0 Å². The van der Waals surface area contributed by atoms with Crippen molar-refractivity contribution in [1.29, 1.82) is 0 Å². The summed E-state index contributed by atoms with van der Waals surface area (Å²) in [7, 11) is 1.54. The van der Waals surface area contributed by atoms with Crippen LogP contribution in [0.3, 0.4) is 0 Å². The van der Waals surface area contributed by atoms with Crippen LogP contribution >= 0.6 is 0 Å². The van der Waals surface area contributed by atoms with E-state index in [1.165, 1.54) is 6.33 Å². The Bertz CT molecular complexity index is 512. The Labute approximate surface area is 105 Å². The summed E-state index contributed by atoms with van der Waals surface area (Å²) in [6.45, 7) is 4.63. The summed E-state index contributed by atoms with van der Waals surface area (Å²) in [5, 5.41) is 7.06. The van der Waals surface area contributed by atoms with Gasteiger partial charge in [0.05, 0.1) is 13.7 Å². The first kappa shape index (κ1) is 12.4. The van der Waals surface area contributed by atoms with Crippen LogP contribution in [0.1, 0.15) is 19.7 Å². The van der Waals surface area contributed by atoms with Crippen LogP contribution in [-0.2, 0) is 6.54 Å². The predicted octanol–water partition coefficient (Wildman–Crippen LogP) is 1.03. The normalized spacial score (nSPS) is 10.9. The van der Waals surface area contributed by atoms with E-state index < -0.39 is 0 Å². The number of aromatic nitrogens is 4. The number of rotatable bonds is 5. The second kappa shape index (κ2) is 5.54. The fourth-order valence-electron chi connectivity index (χ4n) is 1.30. The van der Waals surface area contributed by atoms with Gasteiger partial charge in [-0.1, -0.05) is 19.0 Å². The van der Waals surface area contributed by atoms with Gasteiger partial charge in [-0.25, -0.2) is 9.97 Å². The summed E-state index contributed by atoms with van der Waals surface area (Å²) in [5.74, 6) is 1.42. The number of hydrogen-bond acceptors (Lipinski definition) is 7. The van der Waals surface area contributed by atoms with Crippen LogP contribution in [-0.4, -0.2) is 33.3 Å². The zero-order chi connectivity index (χ0) is 13.0. The summed E-state index contributed by atoms with van der Waals surface area (Å²) < 4.78 is 10.1. The monoisotopic (exact) mass is 249 g/mol. The van der Waals surface area contributed by atoms with Gasteiger partial charge in [-0.3, -0.25) is 0 Å². The van der Waals surface area contributed by atoms with E-state index in [9.17, 15) is 0 Å². The maximum Gasteiger partial charge on any atom is 0.240 e. The Hall–Kier alpha value is -2.02. The number of nitrogens with zero attached hydrogens (tertiary/aromatic N) is 4. The molecular formula is C11H15N5O2. The van der Waals surface area contributed by atoms with Crippen molar-refractivity contribution in [2.24, 2.45) is 0 Å². The quantitative estimate of drug-likeness (QED) is 0.846. The summed E-state index contributed by atoms with van der Waals surface area (Å²) in [6, 6.07) is 2.02. The van der Waals surface area contributed by atoms with E-state index in [4.69, 9.17) is 9.26 Å². The lowest BCUT2D eigenvalue weighted by molar-refractivity contribution is 0.362. The highest BCUT2D eigenvalue weighted by Crippen LogP contribution is 2.16. The van der Waals surface area contributed by atoms with Gasteiger partial charge in [0, 0.05) is 12.1 Å². The molecular weight excluding hydrogens is 234 g/mol. The number of ether oxygens (including phenoxy) is 1. The third-order valence-corrected chi connectivity index (χ3v) is 2.21. The molecule has 0 aliphatic rings. The molecule has 96 valence electrons. The van der Waals surface area contributed by atoms with Crippen LogP contribution in [0.25, 0.3) is 11.5 Å². The molecule has 0 saturated heterocycles. The summed E-state index contributed by atoms with van der Waals surface area (Å²) in [6.07, 6.45) is 1.40. The first-order valence-corrected chi connectivity index (χ1v) is 5.61. The lowest BCUT2D eigenvalue weighted by Gasteiger charge is -2.02. The highest BCUT2D eigenvalue weighted by atomic mass is 16.5. The predicted molar refractivity (Wildman–Crippen MR) is 63.9 cm³/mol. The Kier molecular flexibility index (Phi) is 3.83. The second-order valence-corrected chi connectivity index (χ2v) is 3.99. The molecule has 2 aromatic rings. The molecule has 0 aliphatic heterocycles. The molecule has 0 aromatic carbocycles. The second-order valence-electron chi connectivity index (χ2n) is 3.99. The minimum atomic E-state index is 0.361. The summed E-state index contributed by atoms with van der Waals surface area (Å²) in [5.41, 5.74) is 0.571. The SMILES string of the molecule is COc1cc(-c2noc(CNC(C)C)n2)ncn1. The molecule has 2 aromatic heterocycles. The molecule has 0 fully saturated rings. The van der Waals surface area contributed by atoms with Crippen molar-refractivity contribution >= 4 is 0 Å². The molecule has 0 spiro atoms. The average molecular weight is 249 g/mol. The van der Waals surface area contributed by atoms with Crippen LogP contribution < -0.4 is 10.1 Å². The number of nitrogens with one attached hydrogen (secondary N) is 1. The zero-order valence-electron chi connectivity index (χ0n) is 10.5. The number of methoxy groups -OCH3 is 1. The maximum atomic E-state index is 5.12. The van der Waals surface area contributed by atoms with Crippen molar-refractivity contribution in [3.05, 3.63) is 18.3 Å². The van der Waals surface area contributed by atoms with Crippen molar-refractivity contribution in [2.45, 2.75) is 26.4 Å². The Morgan fingerprint density at radius 2 is 2.22 bits per heavy atom. The van der Waals surface area contributed by atoms with Crippen molar-refractivity contribution in [3.8, 4) is 17.4 Å². The molecule has 0 aliphatic carbocycles. The molecule has 1 N–H and O–H groups in total. The third-order valence-electron chi connectivity index (χ3n) is 2.21. The van der Waals surface area contributed by atoms with Crippen molar-refractivity contribution in [2.75, 3.05) is 7.11 Å². The average Bonchev–Trinajstić information content (AvgIpc) is 2.85. The van der Waals surface area contributed by atoms with Gasteiger partial charge < -0.3 is 14.6 Å². The molecule has 0 radical (unpaired) electrons. The molecule has 0 saturated carbocycles. The molecule has 0 unspecified atom stereocenters. The first-order valence-electron chi connectivity index (χ1n) is 5.61. The summed E-state index contributed by atoms with van der Waals surface area (Å²) >= 11 is 0. The molecule has 7 nitrogen and oxygen atoms in total. The van der Waals surface area contributed by atoms with Gasteiger partial charge in [0.15, 0.2) is 0 Å². The fourth-order valence-corrected chi connectivity index (χ4v) is 1.30. The molecule has 2 rings (SSSR count). The highest BCUT2D eigenvalue weighted by molar-refractivity contribution is 5.48. The molecule has 0 atom stereocenters. The van der Waals surface area contributed by atoms with Crippen LogP contribution in [0.5, 0.6) is 5.88 Å². The van der Waals surface area contributed by atoms with Crippen molar-refractivity contribution in [3.63, 3.8) is 0 Å². The standard InChI is InChI=1S/C11H15N5O2/c1-7(2)12-5-10-15-11(16-18-10)8-4-9(17-3)14-6-13-8/h4,6-7,12H,5H2,1-3H3. The van der Waals surface area contributed by atoms with Gasteiger partial charge in [-0.05, 0) is 0 Å². The Morgan fingerprint density at radius 3 is 2.94 bits per heavy atom. The molecule has 18 heavy (non-hydrogen) atoms. The van der Waals surface area contributed by atoms with E-state index in [0.29, 0.717) is 35.9 Å². The summed E-state index contributed by atoms with van der Waals surface area (Å²) in [4.78, 5) is 12.2. The Morgan fingerprint density at radius 1 is 1.39 bits per heavy atom. The topological polar surface area (TPSA) is 86.0 Å². The van der Waals surface area contributed by atoms with Crippen LogP contribution in [0.15, 0.2) is 16.9 Å². The van der Waals surface area contributed by atoms with Gasteiger partial charge in [0.1, 0.15) is 12.0 Å². The van der Waals surface area contributed by atoms with Gasteiger partial charge in [-0.15, -0.1) is 0 Å². The smallest absolute Gasteiger partial charge is 0.240 e. The highest BCUT2D eigenvalue weighted by Gasteiger charge is 2.11. The minimum absolute atomic E-state index is 0.361. The molecule has 0 amide bonds. The largest absolute Gasteiger partial charge is 0.481 e. The van der Waals surface area contributed by atoms with Crippen LogP contribution in [0.4, 0.5) is 0 Å². The van der Waals surface area contributed by atoms with Crippen molar-refractivity contribution in [1.82, 2.24) is 25.4 Å². The van der Waals surface area contributed by atoms with Gasteiger partial charge in [0.25, 0.3) is 0 Å². The number of hydrogen-bond donors (Lipinski definition) is 1. The lowest BCUT2D eigenvalue weighted by atomic mass is 10.4. The maximum absolute atomic E-state index is 5.12. The minimum Gasteiger partial charge on any atom is -0.481 e. The van der Waals surface area contributed by atoms with E-state index in [-0.39, 0.29) is 0 Å². The van der Waals surface area contributed by atoms with E-state index in [1.807, 2.05) is 13.8 Å². The third kappa shape index (κ3) is 3.01. The first-order chi connectivity index (χ1) is 8.69. The van der Waals surface area contributed by atoms with Crippen LogP contribution in [0, 0.1) is 0 Å². The van der Waals surface area contributed by atoms with Crippen molar-refractivity contribution < 1.29 is 9.26 Å².